The number of hydrogen-bond donors (Lipinski definition) is 3. The van der Waals surface area contributed by atoms with Crippen LogP contribution in [0.1, 0.15) is 19.3 Å². The number of anilines is 1. The number of rotatable bonds is 3. The molecule has 0 bridgehead atoms. The summed E-state index contributed by atoms with van der Waals surface area (Å²) in [6.07, 6.45) is 4.50. The molecule has 1 aromatic heterocycles. The Morgan fingerprint density at radius 2 is 2.44 bits per heavy atom. The van der Waals surface area contributed by atoms with Gasteiger partial charge in [-0.15, -0.1) is 0 Å². The fourth-order valence-corrected chi connectivity index (χ4v) is 2.44. The Balaban J connectivity index is 2.14. The van der Waals surface area contributed by atoms with E-state index < -0.39 is 0 Å². The van der Waals surface area contributed by atoms with Crippen molar-refractivity contribution in [2.45, 2.75) is 25.3 Å². The van der Waals surface area contributed by atoms with Crippen molar-refractivity contribution in [3.63, 3.8) is 0 Å². The van der Waals surface area contributed by atoms with E-state index in [1.165, 1.54) is 6.33 Å². The van der Waals surface area contributed by atoms with Gasteiger partial charge in [-0.05, 0) is 28.8 Å². The van der Waals surface area contributed by atoms with Crippen molar-refractivity contribution < 1.29 is 5.11 Å². The van der Waals surface area contributed by atoms with Crippen LogP contribution in [0.4, 0.5) is 5.82 Å². The lowest BCUT2D eigenvalue weighted by Crippen LogP contribution is -2.28. The molecular weight excluding hydrogens is 274 g/mol. The molecule has 2 rings (SSSR count). The zero-order valence-corrected chi connectivity index (χ0v) is 10.3. The lowest BCUT2D eigenvalue weighted by molar-refractivity contribution is 0.222. The van der Waals surface area contributed by atoms with Gasteiger partial charge in [0, 0.05) is 18.6 Å². The van der Waals surface area contributed by atoms with Crippen LogP contribution in [-0.4, -0.2) is 27.7 Å². The molecule has 0 spiro atoms. The lowest BCUT2D eigenvalue weighted by Gasteiger charge is -2.19. The van der Waals surface area contributed by atoms with Crippen molar-refractivity contribution >= 4 is 21.7 Å². The predicted molar refractivity (Wildman–Crippen MR) is 64.4 cm³/mol. The number of aliphatic hydroxyl groups excluding tert-OH is 1. The Bertz CT molecular complexity index is 421. The molecule has 1 saturated carbocycles. The Labute approximate surface area is 101 Å². The highest BCUT2D eigenvalue weighted by atomic mass is 79.9. The fourth-order valence-electron chi connectivity index (χ4n) is 2.10. The van der Waals surface area contributed by atoms with Gasteiger partial charge in [-0.25, -0.2) is 4.98 Å². The SMILES string of the molecule is O=c1[nH]cnc(NC2CCCC2CO)c1Br. The van der Waals surface area contributed by atoms with Crippen LogP contribution in [0.15, 0.2) is 15.6 Å². The van der Waals surface area contributed by atoms with E-state index in [1.807, 2.05) is 0 Å². The summed E-state index contributed by atoms with van der Waals surface area (Å²) in [5, 5.41) is 12.4. The number of aromatic amines is 1. The maximum atomic E-state index is 11.3. The second-order valence-corrected chi connectivity index (χ2v) is 4.81. The van der Waals surface area contributed by atoms with Gasteiger partial charge in [0.2, 0.25) is 0 Å². The summed E-state index contributed by atoms with van der Waals surface area (Å²) in [6, 6.07) is 0.204. The summed E-state index contributed by atoms with van der Waals surface area (Å²) < 4.78 is 0.415. The first-order valence-electron chi connectivity index (χ1n) is 5.33. The molecular formula is C10H14BrN3O2. The van der Waals surface area contributed by atoms with E-state index in [-0.39, 0.29) is 24.1 Å². The van der Waals surface area contributed by atoms with E-state index in [4.69, 9.17) is 0 Å². The number of aliphatic hydroxyl groups is 1. The summed E-state index contributed by atoms with van der Waals surface area (Å²) >= 11 is 3.20. The van der Waals surface area contributed by atoms with Crippen molar-refractivity contribution in [2.24, 2.45) is 5.92 Å². The zero-order valence-electron chi connectivity index (χ0n) is 8.74. The average molecular weight is 288 g/mol. The smallest absolute Gasteiger partial charge is 0.267 e. The van der Waals surface area contributed by atoms with Crippen LogP contribution in [0.25, 0.3) is 0 Å². The number of nitrogens with zero attached hydrogens (tertiary/aromatic N) is 1. The number of H-pyrrole nitrogens is 1. The summed E-state index contributed by atoms with van der Waals surface area (Å²) in [5.74, 6) is 0.807. The maximum absolute atomic E-state index is 11.3. The Morgan fingerprint density at radius 3 is 3.19 bits per heavy atom. The molecule has 1 fully saturated rings. The van der Waals surface area contributed by atoms with E-state index in [1.54, 1.807) is 0 Å². The highest BCUT2D eigenvalue weighted by molar-refractivity contribution is 9.10. The van der Waals surface area contributed by atoms with Gasteiger partial charge >= 0.3 is 0 Å². The van der Waals surface area contributed by atoms with Crippen LogP contribution in [0, 0.1) is 5.92 Å². The van der Waals surface area contributed by atoms with E-state index in [0.717, 1.165) is 19.3 Å². The van der Waals surface area contributed by atoms with Crippen molar-refractivity contribution in [1.29, 1.82) is 0 Å². The molecule has 0 radical (unpaired) electrons. The monoisotopic (exact) mass is 287 g/mol. The highest BCUT2D eigenvalue weighted by Crippen LogP contribution is 2.28. The first-order chi connectivity index (χ1) is 7.72. The molecule has 0 amide bonds. The topological polar surface area (TPSA) is 78.0 Å². The number of aromatic nitrogens is 2. The summed E-state index contributed by atoms with van der Waals surface area (Å²) in [7, 11) is 0. The Kier molecular flexibility index (Phi) is 3.60. The minimum atomic E-state index is -0.198. The molecule has 5 nitrogen and oxygen atoms in total. The lowest BCUT2D eigenvalue weighted by atomic mass is 10.1. The zero-order chi connectivity index (χ0) is 11.5. The third-order valence-corrected chi connectivity index (χ3v) is 3.75. The first-order valence-corrected chi connectivity index (χ1v) is 6.12. The number of nitrogens with one attached hydrogen (secondary N) is 2. The highest BCUT2D eigenvalue weighted by Gasteiger charge is 2.27. The first kappa shape index (κ1) is 11.6. The summed E-state index contributed by atoms with van der Waals surface area (Å²) in [6.45, 7) is 0.179. The van der Waals surface area contributed by atoms with Crippen molar-refractivity contribution in [1.82, 2.24) is 9.97 Å². The molecule has 1 aliphatic carbocycles. The van der Waals surface area contributed by atoms with E-state index >= 15 is 0 Å². The van der Waals surface area contributed by atoms with Gasteiger partial charge in [-0.3, -0.25) is 4.79 Å². The summed E-state index contributed by atoms with van der Waals surface area (Å²) in [4.78, 5) is 17.9. The molecule has 16 heavy (non-hydrogen) atoms. The Hall–Kier alpha value is -0.880. The molecule has 1 aliphatic rings. The van der Waals surface area contributed by atoms with E-state index in [9.17, 15) is 9.90 Å². The van der Waals surface area contributed by atoms with Crippen molar-refractivity contribution in [2.75, 3.05) is 11.9 Å². The van der Waals surface area contributed by atoms with Gasteiger partial charge in [0.05, 0.1) is 6.33 Å². The second kappa shape index (κ2) is 4.97. The van der Waals surface area contributed by atoms with Crippen LogP contribution in [0.3, 0.4) is 0 Å². The largest absolute Gasteiger partial charge is 0.396 e. The van der Waals surface area contributed by atoms with Crippen LogP contribution in [-0.2, 0) is 0 Å². The Morgan fingerprint density at radius 1 is 1.62 bits per heavy atom. The van der Waals surface area contributed by atoms with Gasteiger partial charge in [0.25, 0.3) is 5.56 Å². The summed E-state index contributed by atoms with van der Waals surface area (Å²) in [5.41, 5.74) is -0.198. The third-order valence-electron chi connectivity index (χ3n) is 3.01. The van der Waals surface area contributed by atoms with Crippen LogP contribution in [0.2, 0.25) is 0 Å². The minimum Gasteiger partial charge on any atom is -0.396 e. The molecule has 0 aliphatic heterocycles. The maximum Gasteiger partial charge on any atom is 0.267 e. The van der Waals surface area contributed by atoms with Crippen LogP contribution in [0.5, 0.6) is 0 Å². The van der Waals surface area contributed by atoms with Gasteiger partial charge < -0.3 is 15.4 Å². The van der Waals surface area contributed by atoms with E-state index in [2.05, 4.69) is 31.2 Å². The van der Waals surface area contributed by atoms with E-state index in [0.29, 0.717) is 10.3 Å². The molecule has 1 aromatic rings. The van der Waals surface area contributed by atoms with Crippen LogP contribution >= 0.6 is 15.9 Å². The van der Waals surface area contributed by atoms with Crippen LogP contribution < -0.4 is 10.9 Å². The molecule has 0 aromatic carbocycles. The fraction of sp³-hybridized carbons (Fsp3) is 0.600. The quantitative estimate of drug-likeness (QED) is 0.778. The van der Waals surface area contributed by atoms with Crippen molar-refractivity contribution in [3.05, 3.63) is 21.2 Å². The third kappa shape index (κ3) is 2.27. The van der Waals surface area contributed by atoms with Crippen molar-refractivity contribution in [3.8, 4) is 0 Å². The van der Waals surface area contributed by atoms with Gasteiger partial charge in [0.15, 0.2) is 0 Å². The molecule has 3 N–H and O–H groups in total. The molecule has 2 atom stereocenters. The molecule has 6 heteroatoms. The second-order valence-electron chi connectivity index (χ2n) is 4.02. The minimum absolute atomic E-state index is 0.179. The van der Waals surface area contributed by atoms with Gasteiger partial charge in [-0.2, -0.15) is 0 Å². The standard InChI is InChI=1S/C10H14BrN3O2/c11-8-9(12-5-13-10(8)16)14-7-3-1-2-6(7)4-15/h5-7,15H,1-4H2,(H2,12,13,14,16). The average Bonchev–Trinajstić information content (AvgIpc) is 2.72. The number of hydrogen-bond acceptors (Lipinski definition) is 4. The molecule has 88 valence electrons. The normalized spacial score (nSPS) is 24.6. The van der Waals surface area contributed by atoms with Gasteiger partial charge in [0.1, 0.15) is 10.3 Å². The molecule has 1 heterocycles. The number of halogens is 1. The molecule has 0 saturated heterocycles. The molecule has 2 unspecified atom stereocenters. The van der Waals surface area contributed by atoms with Gasteiger partial charge in [-0.1, -0.05) is 6.42 Å². The predicted octanol–water partition coefficient (Wildman–Crippen LogP) is 1.11.